The van der Waals surface area contributed by atoms with E-state index < -0.39 is 0 Å². The Morgan fingerprint density at radius 2 is 1.61 bits per heavy atom. The molecule has 0 atom stereocenters. The minimum Gasteiger partial charge on any atom is -0.385 e. The van der Waals surface area contributed by atoms with Gasteiger partial charge in [-0.1, -0.05) is 6.92 Å². The first-order valence-corrected chi connectivity index (χ1v) is 10.2. The summed E-state index contributed by atoms with van der Waals surface area (Å²) in [6.45, 7) is 5.17. The predicted octanol–water partition coefficient (Wildman–Crippen LogP) is 4.43. The van der Waals surface area contributed by atoms with Gasteiger partial charge in [0.2, 0.25) is 5.91 Å². The Balaban J connectivity index is 1.42. The SMILES string of the molecule is CC1CCN(c2ccc(NC(=O)CCNc3ccc(N(C)C)cc3)cc2)CC1. The number of piperidine rings is 1. The number of rotatable bonds is 7. The molecular weight excluding hydrogens is 348 g/mol. The van der Waals surface area contributed by atoms with Crippen LogP contribution in [0.15, 0.2) is 48.5 Å². The van der Waals surface area contributed by atoms with Gasteiger partial charge in [0, 0.05) is 62.9 Å². The number of carbonyl (C=O) groups excluding carboxylic acids is 1. The number of anilines is 4. The van der Waals surface area contributed by atoms with Crippen molar-refractivity contribution >= 4 is 28.7 Å². The molecule has 0 radical (unpaired) electrons. The molecule has 2 N–H and O–H groups in total. The topological polar surface area (TPSA) is 47.6 Å². The standard InChI is InChI=1S/C23H32N4O/c1-18-13-16-27(17-14-18)22-10-6-20(7-11-22)25-23(28)12-15-24-19-4-8-21(9-5-19)26(2)3/h4-11,18,24H,12-17H2,1-3H3,(H,25,28). The van der Waals surface area contributed by atoms with Crippen LogP contribution in [0.25, 0.3) is 0 Å². The molecule has 28 heavy (non-hydrogen) atoms. The van der Waals surface area contributed by atoms with E-state index in [1.165, 1.54) is 18.5 Å². The second-order valence-corrected chi connectivity index (χ2v) is 7.88. The van der Waals surface area contributed by atoms with Crippen molar-refractivity contribution < 1.29 is 4.79 Å². The lowest BCUT2D eigenvalue weighted by Crippen LogP contribution is -2.32. The van der Waals surface area contributed by atoms with Crippen molar-refractivity contribution in [3.05, 3.63) is 48.5 Å². The molecule has 150 valence electrons. The maximum absolute atomic E-state index is 12.2. The second kappa shape index (κ2) is 9.49. The van der Waals surface area contributed by atoms with E-state index in [4.69, 9.17) is 0 Å². The number of hydrogen-bond donors (Lipinski definition) is 2. The van der Waals surface area contributed by atoms with Crippen molar-refractivity contribution in [2.75, 3.05) is 54.2 Å². The first-order chi connectivity index (χ1) is 13.5. The number of nitrogens with one attached hydrogen (secondary N) is 2. The lowest BCUT2D eigenvalue weighted by Gasteiger charge is -2.32. The molecule has 0 bridgehead atoms. The molecule has 1 saturated heterocycles. The normalized spacial score (nSPS) is 14.6. The molecule has 1 heterocycles. The summed E-state index contributed by atoms with van der Waals surface area (Å²) >= 11 is 0. The third kappa shape index (κ3) is 5.65. The van der Waals surface area contributed by atoms with Gasteiger partial charge in [-0.05, 0) is 67.3 Å². The van der Waals surface area contributed by atoms with Crippen molar-refractivity contribution in [3.63, 3.8) is 0 Å². The molecule has 2 aromatic carbocycles. The average Bonchev–Trinajstić information content (AvgIpc) is 2.70. The zero-order chi connectivity index (χ0) is 19.9. The fourth-order valence-corrected chi connectivity index (χ4v) is 3.44. The monoisotopic (exact) mass is 380 g/mol. The molecule has 5 heteroatoms. The Labute approximate surface area is 168 Å². The first-order valence-electron chi connectivity index (χ1n) is 10.2. The lowest BCUT2D eigenvalue weighted by molar-refractivity contribution is -0.115. The molecule has 1 aliphatic rings. The maximum Gasteiger partial charge on any atom is 0.226 e. The van der Waals surface area contributed by atoms with Gasteiger partial charge in [-0.2, -0.15) is 0 Å². The summed E-state index contributed by atoms with van der Waals surface area (Å²) in [5, 5.41) is 6.28. The molecule has 1 amide bonds. The van der Waals surface area contributed by atoms with Gasteiger partial charge in [0.1, 0.15) is 0 Å². The first kappa shape index (κ1) is 20.1. The van der Waals surface area contributed by atoms with Gasteiger partial charge >= 0.3 is 0 Å². The largest absolute Gasteiger partial charge is 0.385 e. The predicted molar refractivity (Wildman–Crippen MR) is 120 cm³/mol. The molecule has 0 spiro atoms. The molecule has 0 unspecified atom stereocenters. The molecule has 0 aliphatic carbocycles. The molecule has 5 nitrogen and oxygen atoms in total. The van der Waals surface area contributed by atoms with Gasteiger partial charge < -0.3 is 20.4 Å². The van der Waals surface area contributed by atoms with Crippen molar-refractivity contribution in [2.24, 2.45) is 5.92 Å². The van der Waals surface area contributed by atoms with Crippen LogP contribution in [0.5, 0.6) is 0 Å². The third-order valence-corrected chi connectivity index (χ3v) is 5.36. The van der Waals surface area contributed by atoms with Crippen LogP contribution >= 0.6 is 0 Å². The highest BCUT2D eigenvalue weighted by molar-refractivity contribution is 5.91. The van der Waals surface area contributed by atoms with Gasteiger partial charge in [0.15, 0.2) is 0 Å². The average molecular weight is 381 g/mol. The minimum atomic E-state index is 0.0250. The highest BCUT2D eigenvalue weighted by atomic mass is 16.1. The Hall–Kier alpha value is -2.69. The quantitative estimate of drug-likeness (QED) is 0.746. The highest BCUT2D eigenvalue weighted by Crippen LogP contribution is 2.24. The second-order valence-electron chi connectivity index (χ2n) is 7.88. The van der Waals surface area contributed by atoms with Crippen LogP contribution < -0.4 is 20.4 Å². The van der Waals surface area contributed by atoms with Crippen molar-refractivity contribution in [1.29, 1.82) is 0 Å². The summed E-state index contributed by atoms with van der Waals surface area (Å²) in [6.07, 6.45) is 2.94. The zero-order valence-corrected chi connectivity index (χ0v) is 17.2. The highest BCUT2D eigenvalue weighted by Gasteiger charge is 2.15. The van der Waals surface area contributed by atoms with Crippen LogP contribution in [0.4, 0.5) is 22.7 Å². The van der Waals surface area contributed by atoms with E-state index in [0.29, 0.717) is 13.0 Å². The van der Waals surface area contributed by atoms with E-state index in [-0.39, 0.29) is 5.91 Å². The number of benzene rings is 2. The Morgan fingerprint density at radius 1 is 1.00 bits per heavy atom. The van der Waals surface area contributed by atoms with Gasteiger partial charge in [-0.25, -0.2) is 0 Å². The number of nitrogens with zero attached hydrogens (tertiary/aromatic N) is 2. The molecule has 2 aromatic rings. The van der Waals surface area contributed by atoms with E-state index in [0.717, 1.165) is 36.1 Å². The van der Waals surface area contributed by atoms with E-state index in [1.807, 2.05) is 38.4 Å². The van der Waals surface area contributed by atoms with Gasteiger partial charge in [0.05, 0.1) is 0 Å². The molecule has 0 aromatic heterocycles. The Bertz CT molecular complexity index is 747. The van der Waals surface area contributed by atoms with Crippen LogP contribution in [0.3, 0.4) is 0 Å². The van der Waals surface area contributed by atoms with Crippen molar-refractivity contribution in [2.45, 2.75) is 26.2 Å². The Kier molecular flexibility index (Phi) is 6.80. The molecule has 1 aliphatic heterocycles. The summed E-state index contributed by atoms with van der Waals surface area (Å²) in [7, 11) is 4.04. The van der Waals surface area contributed by atoms with E-state index in [2.05, 4.69) is 51.6 Å². The Morgan fingerprint density at radius 3 is 2.21 bits per heavy atom. The fraction of sp³-hybridized carbons (Fsp3) is 0.435. The molecule has 1 fully saturated rings. The van der Waals surface area contributed by atoms with Crippen LogP contribution in [-0.2, 0) is 4.79 Å². The summed E-state index contributed by atoms with van der Waals surface area (Å²) in [4.78, 5) is 16.7. The fourth-order valence-electron chi connectivity index (χ4n) is 3.44. The van der Waals surface area contributed by atoms with Gasteiger partial charge in [0.25, 0.3) is 0 Å². The third-order valence-electron chi connectivity index (χ3n) is 5.36. The van der Waals surface area contributed by atoms with Crippen LogP contribution in [0, 0.1) is 5.92 Å². The van der Waals surface area contributed by atoms with Crippen molar-refractivity contribution in [1.82, 2.24) is 0 Å². The number of amides is 1. The molecule has 0 saturated carbocycles. The van der Waals surface area contributed by atoms with Gasteiger partial charge in [-0.15, -0.1) is 0 Å². The lowest BCUT2D eigenvalue weighted by atomic mass is 9.99. The van der Waals surface area contributed by atoms with E-state index in [1.54, 1.807) is 0 Å². The van der Waals surface area contributed by atoms with E-state index in [9.17, 15) is 4.79 Å². The van der Waals surface area contributed by atoms with E-state index >= 15 is 0 Å². The van der Waals surface area contributed by atoms with Crippen LogP contribution in [0.1, 0.15) is 26.2 Å². The van der Waals surface area contributed by atoms with Crippen LogP contribution in [0.2, 0.25) is 0 Å². The summed E-state index contributed by atoms with van der Waals surface area (Å²) < 4.78 is 0. The smallest absolute Gasteiger partial charge is 0.226 e. The summed E-state index contributed by atoms with van der Waals surface area (Å²) in [5.74, 6) is 0.853. The van der Waals surface area contributed by atoms with Gasteiger partial charge in [-0.3, -0.25) is 4.79 Å². The molecular formula is C23H32N4O. The minimum absolute atomic E-state index is 0.0250. The summed E-state index contributed by atoms with van der Waals surface area (Å²) in [5.41, 5.74) is 4.28. The number of hydrogen-bond acceptors (Lipinski definition) is 4. The number of carbonyl (C=O) groups is 1. The molecule has 3 rings (SSSR count). The van der Waals surface area contributed by atoms with Crippen molar-refractivity contribution in [3.8, 4) is 0 Å². The maximum atomic E-state index is 12.2. The zero-order valence-electron chi connectivity index (χ0n) is 17.2. The van der Waals surface area contributed by atoms with Crippen LogP contribution in [-0.4, -0.2) is 39.6 Å². The summed E-state index contributed by atoms with van der Waals surface area (Å²) in [6, 6.07) is 16.4.